The molecule has 0 aliphatic rings. The van der Waals surface area contributed by atoms with Crippen molar-refractivity contribution in [2.24, 2.45) is 0 Å². The number of rotatable bonds is 3. The highest BCUT2D eigenvalue weighted by atomic mass is 35.5. The van der Waals surface area contributed by atoms with E-state index < -0.39 is 28.3 Å². The highest BCUT2D eigenvalue weighted by Gasteiger charge is 2.28. The van der Waals surface area contributed by atoms with Crippen LogP contribution in [0.4, 0.5) is 20.2 Å². The summed E-state index contributed by atoms with van der Waals surface area (Å²) in [6, 6.07) is 0. The first kappa shape index (κ1) is 11.6. The average Bonchev–Trinajstić information content (AvgIpc) is 2.16. The van der Waals surface area contributed by atoms with Crippen LogP contribution in [0.15, 0.2) is 6.20 Å². The molecule has 0 atom stereocenters. The van der Waals surface area contributed by atoms with E-state index in [2.05, 4.69) is 4.98 Å². The van der Waals surface area contributed by atoms with Crippen molar-refractivity contribution in [2.45, 2.75) is 12.3 Å². The third kappa shape index (κ3) is 2.12. The standard InChI is InChI=1S/C7H6ClF2N3O2/c8-1-4-5(7(9)10)6(13(14)15)3(11)2-12-4/h2,7H,1,11H2. The van der Waals surface area contributed by atoms with E-state index in [0.717, 1.165) is 6.20 Å². The Hall–Kier alpha value is -1.50. The predicted octanol–water partition coefficient (Wildman–Crippen LogP) is 2.25. The second-order valence-electron chi connectivity index (χ2n) is 2.61. The topological polar surface area (TPSA) is 82.0 Å². The molecular formula is C7H6ClF2N3O2. The molecule has 0 amide bonds. The monoisotopic (exact) mass is 237 g/mol. The number of hydrogen-bond acceptors (Lipinski definition) is 4. The van der Waals surface area contributed by atoms with Crippen molar-refractivity contribution < 1.29 is 13.7 Å². The van der Waals surface area contributed by atoms with E-state index in [1.54, 1.807) is 0 Å². The zero-order valence-corrected chi connectivity index (χ0v) is 8.04. The summed E-state index contributed by atoms with van der Waals surface area (Å²) in [6.07, 6.45) is -2.09. The summed E-state index contributed by atoms with van der Waals surface area (Å²) in [7, 11) is 0. The van der Waals surface area contributed by atoms with Gasteiger partial charge in [0.05, 0.1) is 22.7 Å². The molecule has 0 aliphatic heterocycles. The Morgan fingerprint density at radius 1 is 1.67 bits per heavy atom. The summed E-state index contributed by atoms with van der Waals surface area (Å²) >= 11 is 5.35. The number of nitro groups is 1. The molecule has 1 aromatic heterocycles. The second kappa shape index (κ2) is 4.35. The predicted molar refractivity (Wildman–Crippen MR) is 49.8 cm³/mol. The van der Waals surface area contributed by atoms with E-state index in [4.69, 9.17) is 17.3 Å². The number of nitrogens with zero attached hydrogens (tertiary/aromatic N) is 2. The van der Waals surface area contributed by atoms with Gasteiger partial charge in [0, 0.05) is 0 Å². The van der Waals surface area contributed by atoms with Gasteiger partial charge in [-0.2, -0.15) is 0 Å². The van der Waals surface area contributed by atoms with Crippen molar-refractivity contribution in [1.29, 1.82) is 0 Å². The van der Waals surface area contributed by atoms with Crippen molar-refractivity contribution in [3.63, 3.8) is 0 Å². The summed E-state index contributed by atoms with van der Waals surface area (Å²) in [6.45, 7) is 0. The van der Waals surface area contributed by atoms with E-state index in [1.807, 2.05) is 0 Å². The average molecular weight is 238 g/mol. The lowest BCUT2D eigenvalue weighted by Crippen LogP contribution is -2.06. The molecule has 0 aromatic carbocycles. The van der Waals surface area contributed by atoms with Crippen LogP contribution in [-0.4, -0.2) is 9.91 Å². The van der Waals surface area contributed by atoms with Crippen LogP contribution < -0.4 is 5.73 Å². The molecule has 0 unspecified atom stereocenters. The van der Waals surface area contributed by atoms with Crippen LogP contribution in [0.3, 0.4) is 0 Å². The highest BCUT2D eigenvalue weighted by molar-refractivity contribution is 6.17. The number of aromatic nitrogens is 1. The van der Waals surface area contributed by atoms with E-state index in [-0.39, 0.29) is 11.6 Å². The maximum Gasteiger partial charge on any atom is 0.304 e. The van der Waals surface area contributed by atoms with Crippen LogP contribution in [0.25, 0.3) is 0 Å². The number of nitrogens with two attached hydrogens (primary N) is 1. The van der Waals surface area contributed by atoms with Crippen molar-refractivity contribution in [1.82, 2.24) is 4.98 Å². The van der Waals surface area contributed by atoms with E-state index in [1.165, 1.54) is 0 Å². The quantitative estimate of drug-likeness (QED) is 0.497. The number of halogens is 3. The maximum atomic E-state index is 12.6. The van der Waals surface area contributed by atoms with Gasteiger partial charge in [-0.3, -0.25) is 15.1 Å². The number of hydrogen-bond donors (Lipinski definition) is 1. The molecule has 15 heavy (non-hydrogen) atoms. The molecule has 0 saturated heterocycles. The molecule has 5 nitrogen and oxygen atoms in total. The van der Waals surface area contributed by atoms with Crippen LogP contribution in [0, 0.1) is 10.1 Å². The molecule has 0 aliphatic carbocycles. The first-order valence-electron chi connectivity index (χ1n) is 3.74. The Bertz CT molecular complexity index is 400. The van der Waals surface area contributed by atoms with Crippen molar-refractivity contribution >= 4 is 23.0 Å². The summed E-state index contributed by atoms with van der Waals surface area (Å²) < 4.78 is 25.1. The third-order valence-corrected chi connectivity index (χ3v) is 1.98. The zero-order chi connectivity index (χ0) is 11.6. The van der Waals surface area contributed by atoms with Crippen LogP contribution in [0.1, 0.15) is 17.7 Å². The van der Waals surface area contributed by atoms with Gasteiger partial charge in [-0.25, -0.2) is 8.78 Å². The summed E-state index contributed by atoms with van der Waals surface area (Å²) in [5.74, 6) is -0.333. The van der Waals surface area contributed by atoms with Crippen LogP contribution in [0.2, 0.25) is 0 Å². The van der Waals surface area contributed by atoms with E-state index in [0.29, 0.717) is 0 Å². The molecule has 0 fully saturated rings. The minimum Gasteiger partial charge on any atom is -0.392 e. The summed E-state index contributed by atoms with van der Waals surface area (Å²) in [4.78, 5) is 13.1. The minimum absolute atomic E-state index is 0.229. The lowest BCUT2D eigenvalue weighted by molar-refractivity contribution is -0.385. The lowest BCUT2D eigenvalue weighted by Gasteiger charge is -2.07. The SMILES string of the molecule is Nc1cnc(CCl)c(C(F)F)c1[N+](=O)[O-]. The van der Waals surface area contributed by atoms with E-state index in [9.17, 15) is 18.9 Å². The first-order valence-corrected chi connectivity index (χ1v) is 4.28. The molecule has 2 N–H and O–H groups in total. The van der Waals surface area contributed by atoms with E-state index >= 15 is 0 Å². The lowest BCUT2D eigenvalue weighted by atomic mass is 10.1. The number of anilines is 1. The molecule has 1 heterocycles. The van der Waals surface area contributed by atoms with Crippen molar-refractivity contribution in [3.05, 3.63) is 27.6 Å². The van der Waals surface area contributed by atoms with Gasteiger partial charge in [-0.05, 0) is 0 Å². The highest BCUT2D eigenvalue weighted by Crippen LogP contribution is 2.35. The van der Waals surface area contributed by atoms with Gasteiger partial charge in [0.2, 0.25) is 0 Å². The molecule has 0 spiro atoms. The van der Waals surface area contributed by atoms with Gasteiger partial charge in [0.15, 0.2) is 0 Å². The van der Waals surface area contributed by atoms with Crippen molar-refractivity contribution in [2.75, 3.05) is 5.73 Å². The number of nitrogen functional groups attached to an aromatic ring is 1. The molecule has 82 valence electrons. The van der Waals surface area contributed by atoms with Crippen LogP contribution in [0.5, 0.6) is 0 Å². The van der Waals surface area contributed by atoms with Gasteiger partial charge >= 0.3 is 5.69 Å². The fraction of sp³-hybridized carbons (Fsp3) is 0.286. The molecule has 0 bridgehead atoms. The van der Waals surface area contributed by atoms with Gasteiger partial charge in [-0.15, -0.1) is 11.6 Å². The Morgan fingerprint density at radius 3 is 2.67 bits per heavy atom. The molecule has 1 aromatic rings. The van der Waals surface area contributed by atoms with Crippen LogP contribution >= 0.6 is 11.6 Å². The molecule has 8 heteroatoms. The number of pyridine rings is 1. The Morgan fingerprint density at radius 2 is 2.27 bits per heavy atom. The Labute approximate surface area is 88.0 Å². The van der Waals surface area contributed by atoms with Crippen molar-refractivity contribution in [3.8, 4) is 0 Å². The minimum atomic E-state index is -3.03. The van der Waals surface area contributed by atoms with Gasteiger partial charge in [0.1, 0.15) is 11.3 Å². The van der Waals surface area contributed by atoms with Gasteiger partial charge in [-0.1, -0.05) is 0 Å². The largest absolute Gasteiger partial charge is 0.392 e. The van der Waals surface area contributed by atoms with Gasteiger partial charge < -0.3 is 5.73 Å². The smallest absolute Gasteiger partial charge is 0.304 e. The zero-order valence-electron chi connectivity index (χ0n) is 7.28. The Balaban J connectivity index is 3.51. The summed E-state index contributed by atoms with van der Waals surface area (Å²) in [5.41, 5.74) is 2.94. The molecule has 1 rings (SSSR count). The number of alkyl halides is 3. The molecular weight excluding hydrogens is 232 g/mol. The normalized spacial score (nSPS) is 10.7. The summed E-state index contributed by atoms with van der Waals surface area (Å²) in [5, 5.41) is 10.5. The van der Waals surface area contributed by atoms with Crippen LogP contribution in [-0.2, 0) is 5.88 Å². The maximum absolute atomic E-state index is 12.6. The van der Waals surface area contributed by atoms with Gasteiger partial charge in [0.25, 0.3) is 6.43 Å². The first-order chi connectivity index (χ1) is 6.99. The second-order valence-corrected chi connectivity index (χ2v) is 2.88. The Kier molecular flexibility index (Phi) is 3.35. The molecule has 0 saturated carbocycles. The molecule has 0 radical (unpaired) electrons. The third-order valence-electron chi connectivity index (χ3n) is 1.73. The fourth-order valence-electron chi connectivity index (χ4n) is 1.11. The fourth-order valence-corrected chi connectivity index (χ4v) is 1.32.